The third kappa shape index (κ3) is 2.97. The van der Waals surface area contributed by atoms with Crippen molar-refractivity contribution in [3.8, 4) is 5.75 Å². The maximum atomic E-state index is 12.1. The van der Waals surface area contributed by atoms with Crippen LogP contribution >= 0.6 is 11.6 Å². The molecule has 8 heteroatoms. The van der Waals surface area contributed by atoms with E-state index in [1.165, 1.54) is 7.05 Å². The molecule has 0 aliphatic heterocycles. The number of carbonyl (C=O) groups excluding carboxylic acids is 1. The number of nitrogens with one attached hydrogen (secondary N) is 1. The topological polar surface area (TPSA) is 107 Å². The number of rotatable bonds is 4. The van der Waals surface area contributed by atoms with Gasteiger partial charge < -0.3 is 10.5 Å². The van der Waals surface area contributed by atoms with Gasteiger partial charge in [0.2, 0.25) is 5.78 Å². The van der Waals surface area contributed by atoms with E-state index >= 15 is 0 Å². The molecule has 0 saturated carbocycles. The number of aromatic amines is 1. The van der Waals surface area contributed by atoms with Crippen LogP contribution in [0.5, 0.6) is 5.75 Å². The van der Waals surface area contributed by atoms with Crippen molar-refractivity contribution < 1.29 is 9.53 Å². The molecule has 21 heavy (non-hydrogen) atoms. The van der Waals surface area contributed by atoms with Gasteiger partial charge in [-0.1, -0.05) is 23.7 Å². The molecule has 1 heterocycles. The van der Waals surface area contributed by atoms with Gasteiger partial charge in [0.1, 0.15) is 17.1 Å². The van der Waals surface area contributed by atoms with Crippen LogP contribution in [0, 0.1) is 0 Å². The number of ketones is 1. The van der Waals surface area contributed by atoms with E-state index < -0.39 is 23.6 Å². The Morgan fingerprint density at radius 2 is 2.05 bits per heavy atom. The molecule has 0 saturated heterocycles. The molecule has 0 spiro atoms. The summed E-state index contributed by atoms with van der Waals surface area (Å²) in [5, 5.41) is 0.340. The van der Waals surface area contributed by atoms with Gasteiger partial charge in [0.25, 0.3) is 5.56 Å². The highest BCUT2D eigenvalue weighted by Gasteiger charge is 2.18. The van der Waals surface area contributed by atoms with Crippen molar-refractivity contribution in [3.05, 3.63) is 55.7 Å². The molecule has 3 N–H and O–H groups in total. The molecule has 0 fully saturated rings. The van der Waals surface area contributed by atoms with Crippen molar-refractivity contribution in [3.63, 3.8) is 0 Å². The van der Waals surface area contributed by atoms with Gasteiger partial charge in [-0.2, -0.15) is 0 Å². The number of hydrogen-bond acceptors (Lipinski definition) is 5. The van der Waals surface area contributed by atoms with Crippen LogP contribution in [0.25, 0.3) is 0 Å². The second kappa shape index (κ2) is 5.84. The molecule has 0 aliphatic rings. The minimum atomic E-state index is -0.844. The number of halogens is 1. The van der Waals surface area contributed by atoms with Gasteiger partial charge >= 0.3 is 5.69 Å². The Bertz CT molecular complexity index is 810. The molecule has 0 atom stereocenters. The second-order valence-electron chi connectivity index (χ2n) is 4.22. The molecule has 0 aliphatic carbocycles. The lowest BCUT2D eigenvalue weighted by Gasteiger charge is -2.09. The lowest BCUT2D eigenvalue weighted by Crippen LogP contribution is -2.36. The maximum Gasteiger partial charge on any atom is 0.329 e. The molecule has 1 aromatic heterocycles. The first kappa shape index (κ1) is 14.9. The summed E-state index contributed by atoms with van der Waals surface area (Å²) < 4.78 is 6.23. The van der Waals surface area contributed by atoms with Crippen LogP contribution in [-0.2, 0) is 7.05 Å². The first-order chi connectivity index (χ1) is 9.91. The normalized spacial score (nSPS) is 10.4. The Morgan fingerprint density at radius 3 is 2.71 bits per heavy atom. The largest absolute Gasteiger partial charge is 0.484 e. The molecule has 0 bridgehead atoms. The standard InChI is InChI=1S/C13H12ClN3O4/c1-17-11(15)10(12(19)16-13(17)20)8(18)6-21-9-5-3-2-4-7(9)14/h2-5H,6,15H2,1H3,(H,16,19,20). The van der Waals surface area contributed by atoms with Gasteiger partial charge in [-0.05, 0) is 12.1 Å². The van der Waals surface area contributed by atoms with Crippen molar-refractivity contribution in [1.29, 1.82) is 0 Å². The number of carbonyl (C=O) groups is 1. The fourth-order valence-corrected chi connectivity index (χ4v) is 1.87. The Balaban J connectivity index is 2.26. The van der Waals surface area contributed by atoms with E-state index in [4.69, 9.17) is 22.1 Å². The van der Waals surface area contributed by atoms with Crippen molar-refractivity contribution in [2.45, 2.75) is 0 Å². The van der Waals surface area contributed by atoms with E-state index in [1.807, 2.05) is 4.98 Å². The van der Waals surface area contributed by atoms with Crippen LogP contribution in [0.4, 0.5) is 5.82 Å². The minimum Gasteiger partial charge on any atom is -0.484 e. The average Bonchev–Trinajstić information content (AvgIpc) is 2.44. The molecule has 1 aromatic carbocycles. The Hall–Kier alpha value is -2.54. The summed E-state index contributed by atoms with van der Waals surface area (Å²) in [5.74, 6) is -0.548. The van der Waals surface area contributed by atoms with Crippen LogP contribution in [0.2, 0.25) is 5.02 Å². The van der Waals surface area contributed by atoms with Crippen molar-refractivity contribution in [2.75, 3.05) is 12.3 Å². The van der Waals surface area contributed by atoms with Crippen LogP contribution in [-0.4, -0.2) is 21.9 Å². The van der Waals surface area contributed by atoms with E-state index in [-0.39, 0.29) is 11.4 Å². The number of nitrogen functional groups attached to an aromatic ring is 1. The van der Waals surface area contributed by atoms with Crippen molar-refractivity contribution in [1.82, 2.24) is 9.55 Å². The number of anilines is 1. The van der Waals surface area contributed by atoms with Crippen LogP contribution in [0.15, 0.2) is 33.9 Å². The molecule has 2 aromatic rings. The van der Waals surface area contributed by atoms with Crippen LogP contribution in [0.1, 0.15) is 10.4 Å². The number of ether oxygens (including phenoxy) is 1. The molecule has 0 amide bonds. The van der Waals surface area contributed by atoms with E-state index in [0.29, 0.717) is 10.8 Å². The smallest absolute Gasteiger partial charge is 0.329 e. The Labute approximate surface area is 123 Å². The number of hydrogen-bond donors (Lipinski definition) is 2. The quantitative estimate of drug-likeness (QED) is 0.803. The summed E-state index contributed by atoms with van der Waals surface area (Å²) in [5.41, 5.74) is 3.77. The Kier molecular flexibility index (Phi) is 4.13. The Morgan fingerprint density at radius 1 is 1.38 bits per heavy atom. The monoisotopic (exact) mass is 309 g/mol. The predicted octanol–water partition coefficient (Wildman–Crippen LogP) is 0.571. The number of benzene rings is 1. The maximum absolute atomic E-state index is 12.1. The molecular formula is C13H12ClN3O4. The van der Waals surface area contributed by atoms with Gasteiger partial charge in [0, 0.05) is 7.05 Å². The molecule has 110 valence electrons. The highest BCUT2D eigenvalue weighted by atomic mass is 35.5. The van der Waals surface area contributed by atoms with E-state index in [1.54, 1.807) is 24.3 Å². The first-order valence-corrected chi connectivity index (χ1v) is 6.29. The average molecular weight is 310 g/mol. The highest BCUT2D eigenvalue weighted by Crippen LogP contribution is 2.23. The minimum absolute atomic E-state index is 0.212. The number of Topliss-reactive ketones (excluding diaryl/α,β-unsaturated/α-hetero) is 1. The molecule has 0 unspecified atom stereocenters. The van der Waals surface area contributed by atoms with Gasteiger partial charge in [-0.15, -0.1) is 0 Å². The number of nitrogens with zero attached hydrogens (tertiary/aromatic N) is 1. The summed E-state index contributed by atoms with van der Waals surface area (Å²) in [4.78, 5) is 37.1. The third-order valence-corrected chi connectivity index (χ3v) is 3.16. The summed E-state index contributed by atoms with van der Waals surface area (Å²) in [6.45, 7) is -0.421. The zero-order valence-corrected chi connectivity index (χ0v) is 11.8. The fourth-order valence-electron chi connectivity index (χ4n) is 1.68. The van der Waals surface area contributed by atoms with E-state index in [2.05, 4.69) is 0 Å². The van der Waals surface area contributed by atoms with E-state index in [9.17, 15) is 14.4 Å². The molecule has 2 rings (SSSR count). The first-order valence-electron chi connectivity index (χ1n) is 5.91. The van der Waals surface area contributed by atoms with Gasteiger partial charge in [-0.3, -0.25) is 19.1 Å². The third-order valence-electron chi connectivity index (χ3n) is 2.84. The zero-order chi connectivity index (χ0) is 15.6. The van der Waals surface area contributed by atoms with Gasteiger partial charge in [0.05, 0.1) is 5.02 Å². The number of para-hydroxylation sites is 1. The van der Waals surface area contributed by atoms with Crippen LogP contribution in [0.3, 0.4) is 0 Å². The van der Waals surface area contributed by atoms with Crippen molar-refractivity contribution >= 4 is 23.2 Å². The van der Waals surface area contributed by atoms with Gasteiger partial charge in [-0.25, -0.2) is 4.79 Å². The number of nitrogens with two attached hydrogens (primary N) is 1. The van der Waals surface area contributed by atoms with Crippen molar-refractivity contribution in [2.24, 2.45) is 7.05 Å². The fraction of sp³-hybridized carbons (Fsp3) is 0.154. The summed E-state index contributed by atoms with van der Waals surface area (Å²) in [6, 6.07) is 6.60. The summed E-state index contributed by atoms with van der Waals surface area (Å²) in [6.07, 6.45) is 0. The molecule has 0 radical (unpaired) electrons. The van der Waals surface area contributed by atoms with Crippen LogP contribution < -0.4 is 21.7 Å². The molecule has 7 nitrogen and oxygen atoms in total. The lowest BCUT2D eigenvalue weighted by atomic mass is 10.2. The van der Waals surface area contributed by atoms with Gasteiger partial charge in [0.15, 0.2) is 6.61 Å². The zero-order valence-electron chi connectivity index (χ0n) is 11.1. The summed E-state index contributed by atoms with van der Waals surface area (Å²) >= 11 is 5.89. The molecular weight excluding hydrogens is 298 g/mol. The lowest BCUT2D eigenvalue weighted by molar-refractivity contribution is 0.0920. The number of H-pyrrole nitrogens is 1. The second-order valence-corrected chi connectivity index (χ2v) is 4.63. The van der Waals surface area contributed by atoms with E-state index in [0.717, 1.165) is 4.57 Å². The highest BCUT2D eigenvalue weighted by molar-refractivity contribution is 6.32. The summed E-state index contributed by atoms with van der Waals surface area (Å²) in [7, 11) is 1.35. The SMILES string of the molecule is Cn1c(N)c(C(=O)COc2ccccc2Cl)c(=O)[nH]c1=O. The number of aromatic nitrogens is 2. The predicted molar refractivity (Wildman–Crippen MR) is 78.0 cm³/mol.